The second-order valence-corrected chi connectivity index (χ2v) is 7.06. The molecule has 0 bridgehead atoms. The van der Waals surface area contributed by atoms with Crippen LogP contribution in [-0.2, 0) is 4.79 Å². The van der Waals surface area contributed by atoms with Crippen molar-refractivity contribution in [3.05, 3.63) is 48.3 Å². The molecule has 1 amide bonds. The summed E-state index contributed by atoms with van der Waals surface area (Å²) in [6.45, 7) is 6.68. The van der Waals surface area contributed by atoms with Crippen LogP contribution in [0.1, 0.15) is 13.3 Å². The van der Waals surface area contributed by atoms with Gasteiger partial charge in [0.15, 0.2) is 11.5 Å². The number of ether oxygens (including phenoxy) is 2. The minimum atomic E-state index is -0.192. The van der Waals surface area contributed by atoms with Gasteiger partial charge >= 0.3 is 0 Å². The molecule has 0 saturated carbocycles. The minimum absolute atomic E-state index is 0.127. The van der Waals surface area contributed by atoms with E-state index in [-0.39, 0.29) is 11.7 Å². The topological polar surface area (TPSA) is 54.0 Å². The molecule has 0 aromatic heterocycles. The van der Waals surface area contributed by atoms with Crippen molar-refractivity contribution in [2.24, 2.45) is 0 Å². The molecule has 156 valence electrons. The Morgan fingerprint density at radius 3 is 2.59 bits per heavy atom. The molecule has 1 fully saturated rings. The molecule has 3 rings (SSSR count). The summed E-state index contributed by atoms with van der Waals surface area (Å²) in [5.41, 5.74) is 1.63. The van der Waals surface area contributed by atoms with E-state index in [0.717, 1.165) is 44.8 Å². The van der Waals surface area contributed by atoms with Crippen LogP contribution in [0.3, 0.4) is 0 Å². The predicted octanol–water partition coefficient (Wildman–Crippen LogP) is 3.38. The van der Waals surface area contributed by atoms with E-state index >= 15 is 0 Å². The van der Waals surface area contributed by atoms with Crippen LogP contribution < -0.4 is 19.7 Å². The van der Waals surface area contributed by atoms with Crippen LogP contribution in [0.5, 0.6) is 11.5 Å². The number of nitrogens with one attached hydrogen (secondary N) is 1. The molecule has 0 unspecified atom stereocenters. The molecule has 1 heterocycles. The second kappa shape index (κ2) is 10.1. The summed E-state index contributed by atoms with van der Waals surface area (Å²) >= 11 is 0. The van der Waals surface area contributed by atoms with Gasteiger partial charge in [0, 0.05) is 57.1 Å². The molecule has 7 heteroatoms. The number of piperazine rings is 1. The average molecular weight is 401 g/mol. The molecule has 0 aliphatic carbocycles. The number of carbonyl (C=O) groups is 1. The first kappa shape index (κ1) is 20.9. The number of nitrogens with zero attached hydrogens (tertiary/aromatic N) is 2. The van der Waals surface area contributed by atoms with Crippen LogP contribution in [0.25, 0.3) is 0 Å². The first-order valence-electron chi connectivity index (χ1n) is 9.86. The second-order valence-electron chi connectivity index (χ2n) is 7.06. The zero-order chi connectivity index (χ0) is 20.6. The maximum Gasteiger partial charge on any atom is 0.221 e. The first-order chi connectivity index (χ1) is 14.0. The van der Waals surface area contributed by atoms with Gasteiger partial charge in [0.05, 0.1) is 13.7 Å². The normalized spacial score (nSPS) is 14.5. The quantitative estimate of drug-likeness (QED) is 0.688. The average Bonchev–Trinajstić information content (AvgIpc) is 2.72. The molecule has 0 radical (unpaired) electrons. The van der Waals surface area contributed by atoms with Gasteiger partial charge in [-0.15, -0.1) is 0 Å². The molecule has 2 aromatic rings. The summed E-state index contributed by atoms with van der Waals surface area (Å²) < 4.78 is 24.6. The van der Waals surface area contributed by atoms with Crippen molar-refractivity contribution >= 4 is 17.3 Å². The number of amides is 1. The van der Waals surface area contributed by atoms with Gasteiger partial charge in [-0.05, 0) is 36.8 Å². The summed E-state index contributed by atoms with van der Waals surface area (Å²) in [5.74, 6) is 0.943. The summed E-state index contributed by atoms with van der Waals surface area (Å²) in [6, 6.07) is 12.1. The molecule has 6 nitrogen and oxygen atoms in total. The fourth-order valence-electron chi connectivity index (χ4n) is 3.44. The standard InChI is InChI=1S/C22H28FN3O3/c1-17(27)24-19-7-8-21(22(16-19)28-2)29-14-4-9-25-10-12-26(13-11-25)20-6-3-5-18(23)15-20/h3,5-8,15-16H,4,9-14H2,1-2H3,(H,24,27). The van der Waals surface area contributed by atoms with E-state index in [4.69, 9.17) is 9.47 Å². The van der Waals surface area contributed by atoms with Crippen LogP contribution in [0.4, 0.5) is 15.8 Å². The summed E-state index contributed by atoms with van der Waals surface area (Å²) in [5, 5.41) is 2.73. The van der Waals surface area contributed by atoms with Crippen molar-refractivity contribution in [2.45, 2.75) is 13.3 Å². The monoisotopic (exact) mass is 401 g/mol. The fourth-order valence-corrected chi connectivity index (χ4v) is 3.44. The number of hydrogen-bond acceptors (Lipinski definition) is 5. The van der Waals surface area contributed by atoms with Crippen LogP contribution in [0.15, 0.2) is 42.5 Å². The van der Waals surface area contributed by atoms with E-state index in [1.54, 1.807) is 31.4 Å². The molecule has 0 atom stereocenters. The predicted molar refractivity (Wildman–Crippen MR) is 112 cm³/mol. The summed E-state index contributed by atoms with van der Waals surface area (Å²) in [7, 11) is 1.58. The lowest BCUT2D eigenvalue weighted by Gasteiger charge is -2.36. The number of anilines is 2. The van der Waals surface area contributed by atoms with E-state index in [1.807, 2.05) is 12.1 Å². The minimum Gasteiger partial charge on any atom is -0.493 e. The van der Waals surface area contributed by atoms with Gasteiger partial charge < -0.3 is 19.7 Å². The van der Waals surface area contributed by atoms with Crippen molar-refractivity contribution < 1.29 is 18.7 Å². The van der Waals surface area contributed by atoms with Gasteiger partial charge in [0.2, 0.25) is 5.91 Å². The molecule has 1 saturated heterocycles. The van der Waals surface area contributed by atoms with Crippen LogP contribution in [-0.4, -0.2) is 57.2 Å². The molecule has 1 N–H and O–H groups in total. The number of methoxy groups -OCH3 is 1. The van der Waals surface area contributed by atoms with Crippen molar-refractivity contribution in [2.75, 3.05) is 56.7 Å². The molecular formula is C22H28FN3O3. The third kappa shape index (κ3) is 6.09. The van der Waals surface area contributed by atoms with Gasteiger partial charge in [-0.3, -0.25) is 9.69 Å². The lowest BCUT2D eigenvalue weighted by molar-refractivity contribution is -0.114. The lowest BCUT2D eigenvalue weighted by atomic mass is 10.2. The maximum absolute atomic E-state index is 13.4. The van der Waals surface area contributed by atoms with Crippen LogP contribution in [0.2, 0.25) is 0 Å². The third-order valence-electron chi connectivity index (χ3n) is 4.91. The zero-order valence-corrected chi connectivity index (χ0v) is 17.0. The fraction of sp³-hybridized carbons (Fsp3) is 0.409. The van der Waals surface area contributed by atoms with Crippen LogP contribution in [0, 0.1) is 5.82 Å². The molecule has 1 aliphatic heterocycles. The van der Waals surface area contributed by atoms with E-state index in [0.29, 0.717) is 23.8 Å². The summed E-state index contributed by atoms with van der Waals surface area (Å²) in [6.07, 6.45) is 0.899. The van der Waals surface area contributed by atoms with Gasteiger partial charge in [-0.25, -0.2) is 4.39 Å². The Balaban J connectivity index is 1.40. The lowest BCUT2D eigenvalue weighted by Crippen LogP contribution is -2.46. The number of carbonyl (C=O) groups excluding carboxylic acids is 1. The SMILES string of the molecule is COc1cc(NC(C)=O)ccc1OCCCN1CCN(c2cccc(F)c2)CC1. The van der Waals surface area contributed by atoms with Gasteiger partial charge in [-0.1, -0.05) is 6.07 Å². The highest BCUT2D eigenvalue weighted by molar-refractivity contribution is 5.89. The van der Waals surface area contributed by atoms with Gasteiger partial charge in [-0.2, -0.15) is 0 Å². The highest BCUT2D eigenvalue weighted by Gasteiger charge is 2.17. The Kier molecular flexibility index (Phi) is 7.30. The van der Waals surface area contributed by atoms with Crippen molar-refractivity contribution in [1.82, 2.24) is 4.90 Å². The Labute approximate surface area is 171 Å². The van der Waals surface area contributed by atoms with Gasteiger partial charge in [0.25, 0.3) is 0 Å². The highest BCUT2D eigenvalue weighted by atomic mass is 19.1. The van der Waals surface area contributed by atoms with Crippen molar-refractivity contribution in [1.29, 1.82) is 0 Å². The number of rotatable bonds is 8. The zero-order valence-electron chi connectivity index (χ0n) is 17.0. The Bertz CT molecular complexity index is 823. The van der Waals surface area contributed by atoms with Crippen LogP contribution >= 0.6 is 0 Å². The number of hydrogen-bond donors (Lipinski definition) is 1. The Hall–Kier alpha value is -2.80. The van der Waals surface area contributed by atoms with Crippen molar-refractivity contribution in [3.63, 3.8) is 0 Å². The first-order valence-corrected chi connectivity index (χ1v) is 9.86. The molecule has 1 aliphatic rings. The third-order valence-corrected chi connectivity index (χ3v) is 4.91. The van der Waals surface area contributed by atoms with Crippen molar-refractivity contribution in [3.8, 4) is 11.5 Å². The Morgan fingerprint density at radius 2 is 1.90 bits per heavy atom. The van der Waals surface area contributed by atoms with E-state index in [9.17, 15) is 9.18 Å². The number of benzene rings is 2. The molecular weight excluding hydrogens is 373 g/mol. The number of halogens is 1. The largest absolute Gasteiger partial charge is 0.493 e. The smallest absolute Gasteiger partial charge is 0.221 e. The maximum atomic E-state index is 13.4. The molecule has 29 heavy (non-hydrogen) atoms. The van der Waals surface area contributed by atoms with E-state index < -0.39 is 0 Å². The van der Waals surface area contributed by atoms with E-state index in [2.05, 4.69) is 15.1 Å². The Morgan fingerprint density at radius 1 is 1.10 bits per heavy atom. The molecule has 0 spiro atoms. The van der Waals surface area contributed by atoms with Gasteiger partial charge in [0.1, 0.15) is 5.82 Å². The highest BCUT2D eigenvalue weighted by Crippen LogP contribution is 2.30. The summed E-state index contributed by atoms with van der Waals surface area (Å²) in [4.78, 5) is 15.8. The molecule has 2 aromatic carbocycles. The van der Waals surface area contributed by atoms with E-state index in [1.165, 1.54) is 13.0 Å².